The number of hydrazone groups is 1. The van der Waals surface area contributed by atoms with Crippen LogP contribution in [0.3, 0.4) is 0 Å². The Morgan fingerprint density at radius 3 is 1.85 bits per heavy atom. The molecule has 1 saturated heterocycles. The number of hydrogen-bond acceptors (Lipinski definition) is 4. The summed E-state index contributed by atoms with van der Waals surface area (Å²) in [5.74, 6) is -0.534. The van der Waals surface area contributed by atoms with Gasteiger partial charge in [-0.3, -0.25) is 10.3 Å². The zero-order valence-corrected chi connectivity index (χ0v) is 18.8. The van der Waals surface area contributed by atoms with Gasteiger partial charge in [-0.05, 0) is 65.3 Å². The van der Waals surface area contributed by atoms with Crippen LogP contribution in [-0.4, -0.2) is 42.4 Å². The van der Waals surface area contributed by atoms with E-state index in [1.807, 2.05) is 36.4 Å². The van der Waals surface area contributed by atoms with Gasteiger partial charge in [-0.25, -0.2) is 8.78 Å². The van der Waals surface area contributed by atoms with Gasteiger partial charge >= 0.3 is 0 Å². The fourth-order valence-corrected chi connectivity index (χ4v) is 4.14. The molecular formula is C25H25F2N5S. The van der Waals surface area contributed by atoms with Crippen molar-refractivity contribution in [2.45, 2.75) is 6.04 Å². The fourth-order valence-electron chi connectivity index (χ4n) is 4.08. The van der Waals surface area contributed by atoms with Crippen molar-refractivity contribution in [1.29, 1.82) is 0 Å². The molecule has 3 aromatic rings. The molecule has 3 aromatic carbocycles. The van der Waals surface area contributed by atoms with E-state index in [9.17, 15) is 8.78 Å². The first-order valence-electron chi connectivity index (χ1n) is 10.7. The number of halogens is 2. The van der Waals surface area contributed by atoms with Crippen LogP contribution in [0.2, 0.25) is 0 Å². The third-order valence-electron chi connectivity index (χ3n) is 5.70. The largest absolute Gasteiger partial charge is 0.375 e. The van der Waals surface area contributed by atoms with Crippen LogP contribution in [0.15, 0.2) is 77.9 Å². The minimum atomic E-state index is -0.267. The Labute approximate surface area is 197 Å². The van der Waals surface area contributed by atoms with E-state index >= 15 is 0 Å². The molecule has 0 spiro atoms. The predicted octanol–water partition coefficient (Wildman–Crippen LogP) is 4.04. The average molecular weight is 466 g/mol. The number of piperazine rings is 1. The van der Waals surface area contributed by atoms with Crippen LogP contribution in [0.5, 0.6) is 0 Å². The van der Waals surface area contributed by atoms with Crippen molar-refractivity contribution in [2.75, 3.05) is 31.1 Å². The number of rotatable bonds is 6. The van der Waals surface area contributed by atoms with Crippen LogP contribution in [0.25, 0.3) is 0 Å². The van der Waals surface area contributed by atoms with Crippen molar-refractivity contribution in [2.24, 2.45) is 10.8 Å². The molecule has 3 N–H and O–H groups in total. The second-order valence-corrected chi connectivity index (χ2v) is 8.29. The normalized spacial score (nSPS) is 14.7. The summed E-state index contributed by atoms with van der Waals surface area (Å²) < 4.78 is 27.1. The lowest BCUT2D eigenvalue weighted by atomic mass is 9.96. The van der Waals surface area contributed by atoms with E-state index in [0.29, 0.717) is 0 Å². The molecule has 0 saturated carbocycles. The Kier molecular flexibility index (Phi) is 7.26. The maximum Gasteiger partial charge on any atom is 0.184 e. The van der Waals surface area contributed by atoms with Gasteiger partial charge < -0.3 is 10.6 Å². The van der Waals surface area contributed by atoms with Crippen molar-refractivity contribution in [3.05, 3.63) is 101 Å². The fraction of sp³-hybridized carbons (Fsp3) is 0.200. The molecular weight excluding hydrogens is 440 g/mol. The van der Waals surface area contributed by atoms with E-state index in [2.05, 4.69) is 32.5 Å². The lowest BCUT2D eigenvalue weighted by Crippen LogP contribution is -2.48. The highest BCUT2D eigenvalue weighted by atomic mass is 32.1. The van der Waals surface area contributed by atoms with Crippen LogP contribution in [0, 0.1) is 11.6 Å². The summed E-state index contributed by atoms with van der Waals surface area (Å²) in [6.07, 6.45) is 1.66. The van der Waals surface area contributed by atoms with Crippen LogP contribution in [-0.2, 0) is 0 Å². The number of nitrogens with two attached hydrogens (primary N) is 1. The number of thiocarbonyl (C=S) groups is 1. The van der Waals surface area contributed by atoms with Crippen LogP contribution in [0.1, 0.15) is 22.7 Å². The quantitative estimate of drug-likeness (QED) is 0.327. The van der Waals surface area contributed by atoms with E-state index in [4.69, 9.17) is 18.0 Å². The molecule has 0 aliphatic carbocycles. The predicted molar refractivity (Wildman–Crippen MR) is 132 cm³/mol. The van der Waals surface area contributed by atoms with Gasteiger partial charge in [0.15, 0.2) is 5.11 Å². The molecule has 1 heterocycles. The third kappa shape index (κ3) is 5.91. The first-order valence-corrected chi connectivity index (χ1v) is 11.1. The summed E-state index contributed by atoms with van der Waals surface area (Å²) in [6.45, 7) is 3.33. The van der Waals surface area contributed by atoms with Gasteiger partial charge in [-0.15, -0.1) is 0 Å². The van der Waals surface area contributed by atoms with E-state index < -0.39 is 0 Å². The molecule has 5 nitrogen and oxygen atoms in total. The Morgan fingerprint density at radius 2 is 1.36 bits per heavy atom. The maximum atomic E-state index is 13.5. The summed E-state index contributed by atoms with van der Waals surface area (Å²) in [5.41, 5.74) is 12.0. The van der Waals surface area contributed by atoms with E-state index in [1.165, 1.54) is 24.3 Å². The molecule has 0 radical (unpaired) electrons. The number of nitrogens with one attached hydrogen (secondary N) is 1. The highest BCUT2D eigenvalue weighted by Crippen LogP contribution is 2.31. The van der Waals surface area contributed by atoms with Gasteiger partial charge in [-0.1, -0.05) is 36.4 Å². The Hall–Kier alpha value is -3.36. The molecule has 0 aromatic heterocycles. The van der Waals surface area contributed by atoms with Gasteiger partial charge in [0.1, 0.15) is 11.6 Å². The van der Waals surface area contributed by atoms with Gasteiger partial charge in [0.05, 0.1) is 12.3 Å². The van der Waals surface area contributed by atoms with E-state index in [0.717, 1.165) is 48.6 Å². The van der Waals surface area contributed by atoms with Gasteiger partial charge in [0.25, 0.3) is 0 Å². The highest BCUT2D eigenvalue weighted by Gasteiger charge is 2.26. The topological polar surface area (TPSA) is 56.9 Å². The minimum absolute atomic E-state index is 0.0620. The van der Waals surface area contributed by atoms with Crippen LogP contribution >= 0.6 is 12.2 Å². The summed E-state index contributed by atoms with van der Waals surface area (Å²) in [4.78, 5) is 4.69. The minimum Gasteiger partial charge on any atom is -0.375 e. The second kappa shape index (κ2) is 10.5. The molecule has 4 rings (SSSR count). The monoisotopic (exact) mass is 465 g/mol. The van der Waals surface area contributed by atoms with Gasteiger partial charge in [-0.2, -0.15) is 5.10 Å². The van der Waals surface area contributed by atoms with Crippen molar-refractivity contribution in [1.82, 2.24) is 10.3 Å². The zero-order valence-electron chi connectivity index (χ0n) is 18.0. The number of nitrogens with zero attached hydrogens (tertiary/aromatic N) is 3. The molecule has 1 aliphatic heterocycles. The average Bonchev–Trinajstić information content (AvgIpc) is 2.82. The van der Waals surface area contributed by atoms with Crippen molar-refractivity contribution >= 4 is 29.2 Å². The molecule has 0 amide bonds. The van der Waals surface area contributed by atoms with Crippen molar-refractivity contribution < 1.29 is 8.78 Å². The summed E-state index contributed by atoms with van der Waals surface area (Å²) in [6, 6.07) is 21.2. The lowest BCUT2D eigenvalue weighted by molar-refractivity contribution is 0.212. The van der Waals surface area contributed by atoms with Gasteiger partial charge in [0, 0.05) is 31.9 Å². The van der Waals surface area contributed by atoms with E-state index in [1.54, 1.807) is 6.21 Å². The van der Waals surface area contributed by atoms with Crippen LogP contribution in [0.4, 0.5) is 14.5 Å². The summed E-state index contributed by atoms with van der Waals surface area (Å²) in [5, 5.41) is 4.10. The molecule has 0 bridgehead atoms. The Morgan fingerprint density at radius 1 is 0.848 bits per heavy atom. The first kappa shape index (κ1) is 22.8. The summed E-state index contributed by atoms with van der Waals surface area (Å²) in [7, 11) is 0. The van der Waals surface area contributed by atoms with E-state index in [-0.39, 0.29) is 22.8 Å². The molecule has 33 heavy (non-hydrogen) atoms. The lowest BCUT2D eigenvalue weighted by Gasteiger charge is -2.40. The highest BCUT2D eigenvalue weighted by molar-refractivity contribution is 7.80. The number of hydrogen-bond donors (Lipinski definition) is 2. The number of benzene rings is 3. The second-order valence-electron chi connectivity index (χ2n) is 7.85. The molecule has 0 atom stereocenters. The van der Waals surface area contributed by atoms with Crippen molar-refractivity contribution in [3.8, 4) is 0 Å². The SMILES string of the molecule is NC(=S)NN=Cc1ccc(N2CCN(C(c3ccc(F)cc3)c3ccc(F)cc3)CC2)cc1. The molecule has 170 valence electrons. The third-order valence-corrected chi connectivity index (χ3v) is 5.79. The summed E-state index contributed by atoms with van der Waals surface area (Å²) >= 11 is 4.73. The molecule has 8 heteroatoms. The maximum absolute atomic E-state index is 13.5. The van der Waals surface area contributed by atoms with Crippen LogP contribution < -0.4 is 16.1 Å². The first-order chi connectivity index (χ1) is 16.0. The molecule has 1 aliphatic rings. The zero-order chi connectivity index (χ0) is 23.2. The smallest absolute Gasteiger partial charge is 0.184 e. The molecule has 1 fully saturated rings. The Bertz CT molecular complexity index is 1050. The standard InChI is InChI=1S/C25H25F2N5S/c26-21-7-3-19(4-8-21)24(20-5-9-22(27)10-6-20)32-15-13-31(14-16-32)23-11-1-18(2-12-23)17-29-30-25(28)33/h1-12,17,24H,13-16H2,(H3,28,30,33). The molecule has 0 unspecified atom stereocenters. The Balaban J connectivity index is 1.46. The number of anilines is 1. The van der Waals surface area contributed by atoms with Gasteiger partial charge in [0.2, 0.25) is 0 Å². The van der Waals surface area contributed by atoms with Crippen molar-refractivity contribution in [3.63, 3.8) is 0 Å².